The molecule has 0 bridgehead atoms. The zero-order chi connectivity index (χ0) is 25.0. The van der Waals surface area contributed by atoms with Crippen LogP contribution in [-0.2, 0) is 9.53 Å². The second kappa shape index (κ2) is 13.0. The van der Waals surface area contributed by atoms with Crippen molar-refractivity contribution in [3.05, 3.63) is 102 Å². The van der Waals surface area contributed by atoms with Crippen LogP contribution < -0.4 is 14.2 Å². The van der Waals surface area contributed by atoms with Crippen LogP contribution >= 0.6 is 0 Å². The largest absolute Gasteiger partial charge is 0.494 e. The highest BCUT2D eigenvalue weighted by Crippen LogP contribution is 2.23. The van der Waals surface area contributed by atoms with E-state index in [9.17, 15) is 14.7 Å². The number of ether oxygens (including phenoxy) is 4. The molecule has 1 N–H and O–H groups in total. The van der Waals surface area contributed by atoms with E-state index < -0.39 is 18.2 Å². The van der Waals surface area contributed by atoms with Crippen LogP contribution in [0.1, 0.15) is 40.6 Å². The fourth-order valence-electron chi connectivity index (χ4n) is 2.99. The maximum absolute atomic E-state index is 12.3. The summed E-state index contributed by atoms with van der Waals surface area (Å²) in [6, 6.07) is 20.5. The molecule has 0 aliphatic heterocycles. The highest BCUT2D eigenvalue weighted by Gasteiger charge is 2.12. The van der Waals surface area contributed by atoms with Gasteiger partial charge >= 0.3 is 11.9 Å². The molecule has 0 heterocycles. The molecule has 35 heavy (non-hydrogen) atoms. The molecular formula is C28H28O7. The molecule has 0 spiro atoms. The quantitative estimate of drug-likeness (QED) is 0.127. The van der Waals surface area contributed by atoms with Gasteiger partial charge < -0.3 is 24.1 Å². The van der Waals surface area contributed by atoms with Gasteiger partial charge in [0.15, 0.2) is 0 Å². The van der Waals surface area contributed by atoms with Crippen molar-refractivity contribution in [2.45, 2.75) is 26.1 Å². The Morgan fingerprint density at radius 1 is 0.857 bits per heavy atom. The molecule has 3 rings (SSSR count). The molecule has 0 aromatic heterocycles. The lowest BCUT2D eigenvalue weighted by Crippen LogP contribution is -2.09. The third kappa shape index (κ3) is 8.32. The first-order valence-electron chi connectivity index (χ1n) is 11.2. The normalized spacial score (nSPS) is 11.3. The molecule has 0 fully saturated rings. The number of hydrogen-bond donors (Lipinski definition) is 1. The van der Waals surface area contributed by atoms with Crippen molar-refractivity contribution >= 4 is 11.9 Å². The summed E-state index contributed by atoms with van der Waals surface area (Å²) in [5.74, 6) is 0.619. The van der Waals surface area contributed by atoms with Crippen molar-refractivity contribution in [2.24, 2.45) is 0 Å². The Kier molecular flexibility index (Phi) is 9.45. The number of aryl methyl sites for hydroxylation is 1. The van der Waals surface area contributed by atoms with Crippen LogP contribution in [0.3, 0.4) is 0 Å². The maximum atomic E-state index is 12.3. The number of aliphatic hydroxyl groups excluding tert-OH is 1. The summed E-state index contributed by atoms with van der Waals surface area (Å²) in [7, 11) is 0. The standard InChI is InChI=1S/C28H28O7/c1-3-26(29)33-19-5-4-18-32-23-14-8-21(9-15-23)27(30)35-25-16-10-22(11-17-25)28(31)34-24-12-6-20(2)7-13-24/h3,6-17,27,30H,1,4-5,18-19H2,2H3. The lowest BCUT2D eigenvalue weighted by Gasteiger charge is -2.15. The molecule has 1 unspecified atom stereocenters. The summed E-state index contributed by atoms with van der Waals surface area (Å²) in [5.41, 5.74) is 2.00. The predicted octanol–water partition coefficient (Wildman–Crippen LogP) is 5.17. The van der Waals surface area contributed by atoms with Crippen LogP contribution in [0.5, 0.6) is 17.2 Å². The maximum Gasteiger partial charge on any atom is 0.343 e. The summed E-state index contributed by atoms with van der Waals surface area (Å²) >= 11 is 0. The Morgan fingerprint density at radius 3 is 2.11 bits per heavy atom. The van der Waals surface area contributed by atoms with E-state index in [-0.39, 0.29) is 0 Å². The first-order valence-corrected chi connectivity index (χ1v) is 11.2. The molecule has 3 aromatic carbocycles. The second-order valence-electron chi connectivity index (χ2n) is 7.69. The van der Waals surface area contributed by atoms with Gasteiger partial charge in [-0.15, -0.1) is 0 Å². The van der Waals surface area contributed by atoms with Gasteiger partial charge in [0.1, 0.15) is 17.2 Å². The fraction of sp³-hybridized carbons (Fsp3) is 0.214. The highest BCUT2D eigenvalue weighted by molar-refractivity contribution is 5.91. The van der Waals surface area contributed by atoms with Gasteiger partial charge in [0.05, 0.1) is 18.8 Å². The number of aliphatic hydroxyl groups is 1. The molecular weight excluding hydrogens is 448 g/mol. The SMILES string of the molecule is C=CC(=O)OCCCCOc1ccc(C(O)Oc2ccc(C(=O)Oc3ccc(C)cc3)cc2)cc1. The summed E-state index contributed by atoms with van der Waals surface area (Å²) in [4.78, 5) is 23.3. The summed E-state index contributed by atoms with van der Waals surface area (Å²) in [6.07, 6.45) is 1.36. The summed E-state index contributed by atoms with van der Waals surface area (Å²) in [6.45, 7) is 6.10. The number of benzene rings is 3. The smallest absolute Gasteiger partial charge is 0.343 e. The van der Waals surface area contributed by atoms with Crippen LogP contribution in [0.4, 0.5) is 0 Å². The van der Waals surface area contributed by atoms with Crippen molar-refractivity contribution in [3.63, 3.8) is 0 Å². The molecule has 7 heteroatoms. The Labute approximate surface area is 204 Å². The van der Waals surface area contributed by atoms with Crippen LogP contribution in [0.25, 0.3) is 0 Å². The minimum Gasteiger partial charge on any atom is -0.494 e. The fourth-order valence-corrected chi connectivity index (χ4v) is 2.99. The molecule has 0 aliphatic rings. The molecule has 0 amide bonds. The van der Waals surface area contributed by atoms with Crippen LogP contribution in [0.2, 0.25) is 0 Å². The minimum atomic E-state index is -1.19. The topological polar surface area (TPSA) is 91.3 Å². The number of rotatable bonds is 12. The van der Waals surface area contributed by atoms with Gasteiger partial charge in [0.2, 0.25) is 6.29 Å². The van der Waals surface area contributed by atoms with E-state index in [0.29, 0.717) is 48.0 Å². The van der Waals surface area contributed by atoms with Crippen molar-refractivity contribution in [1.82, 2.24) is 0 Å². The average Bonchev–Trinajstić information content (AvgIpc) is 2.88. The molecule has 182 valence electrons. The van der Waals surface area contributed by atoms with E-state index in [1.165, 1.54) is 0 Å². The van der Waals surface area contributed by atoms with Gasteiger partial charge in [-0.05, 0) is 80.4 Å². The van der Waals surface area contributed by atoms with Crippen LogP contribution in [0, 0.1) is 6.92 Å². The van der Waals surface area contributed by atoms with E-state index in [2.05, 4.69) is 6.58 Å². The molecule has 0 saturated carbocycles. The summed E-state index contributed by atoms with van der Waals surface area (Å²) in [5, 5.41) is 10.4. The Balaban J connectivity index is 1.43. The molecule has 1 atom stereocenters. The Bertz CT molecular complexity index is 1100. The third-order valence-electron chi connectivity index (χ3n) is 4.95. The minimum absolute atomic E-state index is 0.325. The van der Waals surface area contributed by atoms with E-state index >= 15 is 0 Å². The monoisotopic (exact) mass is 476 g/mol. The van der Waals surface area contributed by atoms with Gasteiger partial charge in [0.25, 0.3) is 0 Å². The first kappa shape index (κ1) is 25.5. The zero-order valence-electron chi connectivity index (χ0n) is 19.5. The van der Waals surface area contributed by atoms with Crippen LogP contribution in [-0.4, -0.2) is 30.3 Å². The molecule has 7 nitrogen and oxygen atoms in total. The van der Waals surface area contributed by atoms with Crippen molar-refractivity contribution in [1.29, 1.82) is 0 Å². The lowest BCUT2D eigenvalue weighted by atomic mass is 10.2. The van der Waals surface area contributed by atoms with E-state index in [4.69, 9.17) is 18.9 Å². The van der Waals surface area contributed by atoms with Gasteiger partial charge in [0, 0.05) is 11.6 Å². The second-order valence-corrected chi connectivity index (χ2v) is 7.69. The molecule has 0 saturated heterocycles. The van der Waals surface area contributed by atoms with Crippen molar-refractivity contribution in [2.75, 3.05) is 13.2 Å². The Morgan fingerprint density at radius 2 is 1.46 bits per heavy atom. The van der Waals surface area contributed by atoms with Gasteiger partial charge in [-0.2, -0.15) is 0 Å². The number of hydrogen-bond acceptors (Lipinski definition) is 7. The predicted molar refractivity (Wildman–Crippen MR) is 130 cm³/mol. The molecule has 0 radical (unpaired) electrons. The first-order chi connectivity index (χ1) is 16.9. The van der Waals surface area contributed by atoms with Crippen molar-refractivity contribution < 1.29 is 33.6 Å². The third-order valence-corrected chi connectivity index (χ3v) is 4.95. The lowest BCUT2D eigenvalue weighted by molar-refractivity contribution is -0.137. The average molecular weight is 477 g/mol. The van der Waals surface area contributed by atoms with Gasteiger partial charge in [-0.1, -0.05) is 24.3 Å². The number of carbonyl (C=O) groups excluding carboxylic acids is 2. The van der Waals surface area contributed by atoms with Gasteiger partial charge in [-0.25, -0.2) is 9.59 Å². The number of carbonyl (C=O) groups is 2. The number of unbranched alkanes of at least 4 members (excludes halogenated alkanes) is 1. The van der Waals surface area contributed by atoms with E-state index in [1.807, 2.05) is 19.1 Å². The molecule has 3 aromatic rings. The van der Waals surface area contributed by atoms with Gasteiger partial charge in [-0.3, -0.25) is 0 Å². The summed E-state index contributed by atoms with van der Waals surface area (Å²) < 4.78 is 21.5. The van der Waals surface area contributed by atoms with E-state index in [1.54, 1.807) is 60.7 Å². The Hall–Kier alpha value is -4.10. The molecule has 0 aliphatic carbocycles. The number of esters is 2. The zero-order valence-corrected chi connectivity index (χ0v) is 19.5. The van der Waals surface area contributed by atoms with E-state index in [0.717, 1.165) is 18.1 Å². The highest BCUT2D eigenvalue weighted by atomic mass is 16.6. The van der Waals surface area contributed by atoms with Crippen molar-refractivity contribution in [3.8, 4) is 17.2 Å². The van der Waals surface area contributed by atoms with Crippen LogP contribution in [0.15, 0.2) is 85.5 Å².